The van der Waals surface area contributed by atoms with Crippen LogP contribution in [0.5, 0.6) is 0 Å². The molecule has 0 spiro atoms. The molecule has 1 amide bonds. The standard InChI is InChI=1S/C19H23N5O2S/c1-13(2)6-8-20-18(25)14-11-22-24(16(14)12-26-3)19-21-9-7-15(23-19)17-5-4-10-27-17/h4-5,7,9-11,13H,6,8,12H2,1-3H3,(H,20,25). The van der Waals surface area contributed by atoms with Gasteiger partial charge in [-0.15, -0.1) is 11.3 Å². The molecule has 3 rings (SSSR count). The lowest BCUT2D eigenvalue weighted by Crippen LogP contribution is -2.26. The summed E-state index contributed by atoms with van der Waals surface area (Å²) in [4.78, 5) is 22.5. The van der Waals surface area contributed by atoms with E-state index in [1.165, 1.54) is 0 Å². The van der Waals surface area contributed by atoms with Crippen molar-refractivity contribution in [2.75, 3.05) is 13.7 Å². The normalized spacial score (nSPS) is 11.1. The Balaban J connectivity index is 1.89. The van der Waals surface area contributed by atoms with Crippen LogP contribution >= 0.6 is 11.3 Å². The van der Waals surface area contributed by atoms with E-state index in [1.807, 2.05) is 23.6 Å². The van der Waals surface area contributed by atoms with Gasteiger partial charge in [0.1, 0.15) is 0 Å². The van der Waals surface area contributed by atoms with Crippen LogP contribution in [0, 0.1) is 5.92 Å². The maximum absolute atomic E-state index is 12.6. The van der Waals surface area contributed by atoms with Crippen LogP contribution in [0.25, 0.3) is 16.5 Å². The molecule has 0 aliphatic rings. The Labute approximate surface area is 162 Å². The van der Waals surface area contributed by atoms with Crippen molar-refractivity contribution in [1.82, 2.24) is 25.1 Å². The lowest BCUT2D eigenvalue weighted by molar-refractivity contribution is 0.0946. The number of aromatic nitrogens is 4. The number of thiophene rings is 1. The molecule has 0 aromatic carbocycles. The summed E-state index contributed by atoms with van der Waals surface area (Å²) in [6.07, 6.45) is 4.16. The van der Waals surface area contributed by atoms with Crippen LogP contribution in [0.1, 0.15) is 36.3 Å². The van der Waals surface area contributed by atoms with Crippen LogP contribution in [-0.2, 0) is 11.3 Å². The van der Waals surface area contributed by atoms with Crippen molar-refractivity contribution in [3.05, 3.63) is 47.2 Å². The Bertz CT molecular complexity index is 889. The van der Waals surface area contributed by atoms with Gasteiger partial charge < -0.3 is 10.1 Å². The number of carbonyl (C=O) groups is 1. The molecule has 142 valence electrons. The monoisotopic (exact) mass is 385 g/mol. The van der Waals surface area contributed by atoms with Crippen LogP contribution < -0.4 is 5.32 Å². The molecule has 0 radical (unpaired) electrons. The molecule has 0 saturated heterocycles. The van der Waals surface area contributed by atoms with Crippen molar-refractivity contribution in [2.45, 2.75) is 26.9 Å². The average molecular weight is 385 g/mol. The first-order valence-electron chi connectivity index (χ1n) is 8.81. The Kier molecular flexibility index (Phi) is 6.31. The van der Waals surface area contributed by atoms with Crippen molar-refractivity contribution in [3.63, 3.8) is 0 Å². The number of nitrogens with zero attached hydrogens (tertiary/aromatic N) is 4. The van der Waals surface area contributed by atoms with Gasteiger partial charge in [0.2, 0.25) is 0 Å². The van der Waals surface area contributed by atoms with Gasteiger partial charge in [-0.1, -0.05) is 19.9 Å². The van der Waals surface area contributed by atoms with E-state index < -0.39 is 0 Å². The maximum Gasteiger partial charge on any atom is 0.254 e. The Hall–Kier alpha value is -2.58. The molecule has 3 heterocycles. The van der Waals surface area contributed by atoms with Gasteiger partial charge in [-0.2, -0.15) is 9.78 Å². The molecule has 3 aromatic rings. The van der Waals surface area contributed by atoms with Gasteiger partial charge in [-0.25, -0.2) is 9.97 Å². The zero-order chi connectivity index (χ0) is 19.2. The zero-order valence-corrected chi connectivity index (χ0v) is 16.5. The van der Waals surface area contributed by atoms with Crippen molar-refractivity contribution < 1.29 is 9.53 Å². The summed E-state index contributed by atoms with van der Waals surface area (Å²) in [5.74, 6) is 0.775. The van der Waals surface area contributed by atoms with Crippen molar-refractivity contribution in [2.24, 2.45) is 5.92 Å². The Morgan fingerprint density at radius 3 is 2.93 bits per heavy atom. The van der Waals surface area contributed by atoms with E-state index in [0.29, 0.717) is 29.7 Å². The fourth-order valence-electron chi connectivity index (χ4n) is 2.59. The zero-order valence-electron chi connectivity index (χ0n) is 15.7. The molecular formula is C19H23N5O2S. The lowest BCUT2D eigenvalue weighted by atomic mass is 10.1. The van der Waals surface area contributed by atoms with Gasteiger partial charge in [0.15, 0.2) is 0 Å². The lowest BCUT2D eigenvalue weighted by Gasteiger charge is -2.09. The summed E-state index contributed by atoms with van der Waals surface area (Å²) in [5.41, 5.74) is 1.92. The van der Waals surface area contributed by atoms with Crippen LogP contribution in [0.2, 0.25) is 0 Å². The van der Waals surface area contributed by atoms with Crippen molar-refractivity contribution in [3.8, 4) is 16.5 Å². The molecule has 0 saturated carbocycles. The Morgan fingerprint density at radius 1 is 1.37 bits per heavy atom. The van der Waals surface area contributed by atoms with Gasteiger partial charge >= 0.3 is 0 Å². The fourth-order valence-corrected chi connectivity index (χ4v) is 3.29. The van der Waals surface area contributed by atoms with Crippen LogP contribution in [0.3, 0.4) is 0 Å². The highest BCUT2D eigenvalue weighted by atomic mass is 32.1. The summed E-state index contributed by atoms with van der Waals surface area (Å²) in [6.45, 7) is 5.11. The third kappa shape index (κ3) is 4.58. The maximum atomic E-state index is 12.6. The number of rotatable bonds is 8. The molecule has 0 aliphatic heterocycles. The first-order valence-corrected chi connectivity index (χ1v) is 9.69. The molecule has 0 fully saturated rings. The molecule has 0 bridgehead atoms. The summed E-state index contributed by atoms with van der Waals surface area (Å²) >= 11 is 1.61. The number of nitrogens with one attached hydrogen (secondary N) is 1. The Morgan fingerprint density at radius 2 is 2.22 bits per heavy atom. The molecule has 27 heavy (non-hydrogen) atoms. The SMILES string of the molecule is COCc1c(C(=O)NCCC(C)C)cnn1-c1nccc(-c2cccs2)n1. The van der Waals surface area contributed by atoms with Gasteiger partial charge in [-0.3, -0.25) is 4.79 Å². The molecule has 0 aliphatic carbocycles. The number of amides is 1. The highest BCUT2D eigenvalue weighted by molar-refractivity contribution is 7.13. The smallest absolute Gasteiger partial charge is 0.254 e. The molecular weight excluding hydrogens is 362 g/mol. The highest BCUT2D eigenvalue weighted by Crippen LogP contribution is 2.23. The van der Waals surface area contributed by atoms with Crippen LogP contribution in [-0.4, -0.2) is 39.3 Å². The van der Waals surface area contributed by atoms with Gasteiger partial charge in [0, 0.05) is 19.9 Å². The number of hydrogen-bond acceptors (Lipinski definition) is 6. The molecule has 0 unspecified atom stereocenters. The minimum absolute atomic E-state index is 0.164. The molecule has 3 aromatic heterocycles. The van der Waals surface area contributed by atoms with Crippen LogP contribution in [0.4, 0.5) is 0 Å². The second kappa shape index (κ2) is 8.88. The quantitative estimate of drug-likeness (QED) is 0.643. The summed E-state index contributed by atoms with van der Waals surface area (Å²) in [7, 11) is 1.58. The fraction of sp³-hybridized carbons (Fsp3) is 0.368. The van der Waals surface area contributed by atoms with Crippen molar-refractivity contribution >= 4 is 17.2 Å². The molecule has 8 heteroatoms. The molecule has 7 nitrogen and oxygen atoms in total. The van der Waals surface area contributed by atoms with E-state index in [0.717, 1.165) is 17.0 Å². The van der Waals surface area contributed by atoms with Crippen LogP contribution in [0.15, 0.2) is 36.0 Å². The molecule has 1 N–H and O–H groups in total. The van der Waals surface area contributed by atoms with E-state index in [9.17, 15) is 4.79 Å². The number of carbonyl (C=O) groups excluding carboxylic acids is 1. The minimum Gasteiger partial charge on any atom is -0.378 e. The van der Waals surface area contributed by atoms with E-state index in [1.54, 1.807) is 35.5 Å². The predicted molar refractivity (Wildman–Crippen MR) is 105 cm³/mol. The number of methoxy groups -OCH3 is 1. The highest BCUT2D eigenvalue weighted by Gasteiger charge is 2.20. The summed E-state index contributed by atoms with van der Waals surface area (Å²) in [6, 6.07) is 5.84. The number of hydrogen-bond donors (Lipinski definition) is 1. The van der Waals surface area contributed by atoms with Gasteiger partial charge in [0.05, 0.1) is 34.6 Å². The van der Waals surface area contributed by atoms with E-state index >= 15 is 0 Å². The summed E-state index contributed by atoms with van der Waals surface area (Å²) in [5, 5.41) is 9.29. The molecule has 0 atom stereocenters. The topological polar surface area (TPSA) is 81.9 Å². The van der Waals surface area contributed by atoms with E-state index in [4.69, 9.17) is 4.74 Å². The second-order valence-electron chi connectivity index (χ2n) is 6.51. The van der Waals surface area contributed by atoms with Gasteiger partial charge in [0.25, 0.3) is 11.9 Å². The first-order chi connectivity index (χ1) is 13.1. The number of ether oxygens (including phenoxy) is 1. The third-order valence-corrected chi connectivity index (χ3v) is 4.90. The third-order valence-electron chi connectivity index (χ3n) is 4.01. The largest absolute Gasteiger partial charge is 0.378 e. The first kappa shape index (κ1) is 19.2. The second-order valence-corrected chi connectivity index (χ2v) is 7.46. The average Bonchev–Trinajstić information content (AvgIpc) is 3.32. The van der Waals surface area contributed by atoms with E-state index in [2.05, 4.69) is 34.2 Å². The van der Waals surface area contributed by atoms with E-state index in [-0.39, 0.29) is 12.5 Å². The minimum atomic E-state index is -0.164. The van der Waals surface area contributed by atoms with Crippen molar-refractivity contribution in [1.29, 1.82) is 0 Å². The predicted octanol–water partition coefficient (Wildman–Crippen LogP) is 3.31. The summed E-state index contributed by atoms with van der Waals surface area (Å²) < 4.78 is 6.86. The van der Waals surface area contributed by atoms with Gasteiger partial charge in [-0.05, 0) is 29.9 Å².